The van der Waals surface area contributed by atoms with Crippen LogP contribution in [0.1, 0.15) is 104 Å². The van der Waals surface area contributed by atoms with Crippen molar-refractivity contribution in [2.75, 3.05) is 5.33 Å². The van der Waals surface area contributed by atoms with Gasteiger partial charge in [0.05, 0.1) is 0 Å². The molecule has 0 aromatic rings. The molecule has 0 saturated carbocycles. The molecule has 0 heterocycles. The van der Waals surface area contributed by atoms with Crippen molar-refractivity contribution >= 4 is 32.9 Å². The molecule has 0 saturated heterocycles. The van der Waals surface area contributed by atoms with E-state index in [1.165, 1.54) is 83.5 Å². The summed E-state index contributed by atoms with van der Waals surface area (Å²) in [5.74, 6) is 0.706. The van der Waals surface area contributed by atoms with Gasteiger partial charge in [0.1, 0.15) is 0 Å². The average molecular weight is 443 g/mol. The topological polar surface area (TPSA) is 26.0 Å². The van der Waals surface area contributed by atoms with Crippen molar-refractivity contribution in [2.45, 2.75) is 110 Å². The van der Waals surface area contributed by atoms with Gasteiger partial charge in [-0.2, -0.15) is 0 Å². The monoisotopic (exact) mass is 441 g/mol. The maximum atomic E-state index is 6.39. The van der Waals surface area contributed by atoms with E-state index in [0.29, 0.717) is 5.92 Å². The third-order valence-corrected chi connectivity index (χ3v) is 5.21. The predicted molar refractivity (Wildman–Crippen MR) is 112 cm³/mol. The van der Waals surface area contributed by atoms with Gasteiger partial charge in [0.25, 0.3) is 0 Å². The number of halogens is 2. The van der Waals surface area contributed by atoms with Gasteiger partial charge < -0.3 is 5.73 Å². The number of hydrogen-bond acceptors (Lipinski definition) is 1. The standard InChI is InChI=1S/C19H40BrN.BrH/c1-4-5-6-7-8-9-12-15-18(19(2,3)21)16-13-10-11-14-17-20;/h18H,4-17,21H2,1-3H3;1H. The summed E-state index contributed by atoms with van der Waals surface area (Å²) in [5.41, 5.74) is 6.39. The zero-order valence-electron chi connectivity index (χ0n) is 15.3. The highest BCUT2D eigenvalue weighted by molar-refractivity contribution is 9.09. The van der Waals surface area contributed by atoms with Crippen LogP contribution in [0.3, 0.4) is 0 Å². The fourth-order valence-corrected chi connectivity index (χ4v) is 3.47. The van der Waals surface area contributed by atoms with Crippen LogP contribution in [-0.2, 0) is 0 Å². The van der Waals surface area contributed by atoms with E-state index >= 15 is 0 Å². The summed E-state index contributed by atoms with van der Waals surface area (Å²) < 4.78 is 0. The first-order valence-corrected chi connectivity index (χ1v) is 10.5. The van der Waals surface area contributed by atoms with Crippen LogP contribution in [-0.4, -0.2) is 10.9 Å². The maximum absolute atomic E-state index is 6.39. The molecular weight excluding hydrogens is 402 g/mol. The SMILES string of the molecule is Br.CCCCCCCCCC(CCCCCCBr)C(C)(C)N. The Balaban J connectivity index is 0. The minimum Gasteiger partial charge on any atom is -0.325 e. The van der Waals surface area contributed by atoms with E-state index in [1.807, 2.05) is 0 Å². The molecule has 0 aromatic heterocycles. The van der Waals surface area contributed by atoms with E-state index in [4.69, 9.17) is 5.73 Å². The zero-order valence-corrected chi connectivity index (χ0v) is 18.6. The van der Waals surface area contributed by atoms with E-state index in [-0.39, 0.29) is 22.5 Å². The van der Waals surface area contributed by atoms with Gasteiger partial charge in [0.15, 0.2) is 0 Å². The summed E-state index contributed by atoms with van der Waals surface area (Å²) in [6, 6.07) is 0. The Morgan fingerprint density at radius 2 is 1.18 bits per heavy atom. The number of hydrogen-bond donors (Lipinski definition) is 1. The van der Waals surface area contributed by atoms with Gasteiger partial charge in [0.2, 0.25) is 0 Å². The molecule has 0 amide bonds. The second kappa shape index (κ2) is 16.8. The molecule has 0 aliphatic heterocycles. The molecule has 0 spiro atoms. The van der Waals surface area contributed by atoms with Crippen molar-refractivity contribution in [3.8, 4) is 0 Å². The predicted octanol–water partition coefficient (Wildman–Crippen LogP) is 7.40. The van der Waals surface area contributed by atoms with E-state index in [2.05, 4.69) is 36.7 Å². The van der Waals surface area contributed by atoms with Crippen molar-refractivity contribution in [1.82, 2.24) is 0 Å². The van der Waals surface area contributed by atoms with Crippen LogP contribution in [0.25, 0.3) is 0 Å². The summed E-state index contributed by atoms with van der Waals surface area (Å²) in [6.07, 6.45) is 17.9. The molecule has 1 unspecified atom stereocenters. The fraction of sp³-hybridized carbons (Fsp3) is 1.00. The lowest BCUT2D eigenvalue weighted by Gasteiger charge is -2.31. The molecule has 22 heavy (non-hydrogen) atoms. The molecule has 0 fully saturated rings. The Labute approximate surface area is 159 Å². The van der Waals surface area contributed by atoms with Crippen LogP contribution in [0.5, 0.6) is 0 Å². The lowest BCUT2D eigenvalue weighted by molar-refractivity contribution is 0.267. The molecule has 0 aromatic carbocycles. The smallest absolute Gasteiger partial charge is 0.0125 e. The highest BCUT2D eigenvalue weighted by Crippen LogP contribution is 2.27. The van der Waals surface area contributed by atoms with Gasteiger partial charge in [-0.05, 0) is 39.0 Å². The summed E-state index contributed by atoms with van der Waals surface area (Å²) in [7, 11) is 0. The van der Waals surface area contributed by atoms with E-state index in [1.54, 1.807) is 0 Å². The van der Waals surface area contributed by atoms with Gasteiger partial charge in [-0.3, -0.25) is 0 Å². The van der Waals surface area contributed by atoms with Crippen molar-refractivity contribution < 1.29 is 0 Å². The van der Waals surface area contributed by atoms with Crippen molar-refractivity contribution in [1.29, 1.82) is 0 Å². The quantitative estimate of drug-likeness (QED) is 0.207. The molecule has 3 heteroatoms. The number of unbranched alkanes of at least 4 members (excludes halogenated alkanes) is 9. The fourth-order valence-electron chi connectivity index (χ4n) is 3.07. The normalized spacial score (nSPS) is 13.0. The van der Waals surface area contributed by atoms with E-state index in [0.717, 1.165) is 5.33 Å². The van der Waals surface area contributed by atoms with Gasteiger partial charge >= 0.3 is 0 Å². The van der Waals surface area contributed by atoms with Crippen LogP contribution in [0, 0.1) is 5.92 Å². The Kier molecular flexibility index (Phi) is 19.2. The lowest BCUT2D eigenvalue weighted by Crippen LogP contribution is -2.40. The third kappa shape index (κ3) is 15.8. The molecule has 0 aliphatic carbocycles. The first-order valence-electron chi connectivity index (χ1n) is 9.37. The highest BCUT2D eigenvalue weighted by atomic mass is 79.9. The van der Waals surface area contributed by atoms with Crippen molar-refractivity contribution in [3.63, 3.8) is 0 Å². The molecule has 0 rings (SSSR count). The van der Waals surface area contributed by atoms with Crippen LogP contribution < -0.4 is 5.73 Å². The van der Waals surface area contributed by atoms with Crippen molar-refractivity contribution in [3.05, 3.63) is 0 Å². The third-order valence-electron chi connectivity index (χ3n) is 4.64. The second-order valence-corrected chi connectivity index (χ2v) is 8.11. The van der Waals surface area contributed by atoms with E-state index in [9.17, 15) is 0 Å². The van der Waals surface area contributed by atoms with Gasteiger partial charge in [-0.1, -0.05) is 87.1 Å². The van der Waals surface area contributed by atoms with Crippen LogP contribution in [0.15, 0.2) is 0 Å². The summed E-state index contributed by atoms with van der Waals surface area (Å²) >= 11 is 3.51. The average Bonchev–Trinajstić information content (AvgIpc) is 2.42. The van der Waals surface area contributed by atoms with Crippen LogP contribution in [0.2, 0.25) is 0 Å². The molecular formula is C19H41Br2N. The summed E-state index contributed by atoms with van der Waals surface area (Å²) in [6.45, 7) is 6.72. The summed E-state index contributed by atoms with van der Waals surface area (Å²) in [4.78, 5) is 0. The lowest BCUT2D eigenvalue weighted by atomic mass is 9.80. The Morgan fingerprint density at radius 1 is 0.773 bits per heavy atom. The van der Waals surface area contributed by atoms with Crippen molar-refractivity contribution in [2.24, 2.45) is 11.7 Å². The highest BCUT2D eigenvalue weighted by Gasteiger charge is 2.23. The molecule has 0 bridgehead atoms. The molecule has 0 aliphatic rings. The first-order chi connectivity index (χ1) is 10.0. The number of alkyl halides is 1. The maximum Gasteiger partial charge on any atom is 0.0125 e. The number of nitrogens with two attached hydrogens (primary N) is 1. The Bertz CT molecular complexity index is 214. The zero-order chi connectivity index (χ0) is 16.0. The van der Waals surface area contributed by atoms with Gasteiger partial charge in [-0.25, -0.2) is 0 Å². The molecule has 136 valence electrons. The number of rotatable bonds is 15. The molecule has 1 atom stereocenters. The molecule has 1 nitrogen and oxygen atoms in total. The van der Waals surface area contributed by atoms with Crippen LogP contribution in [0.4, 0.5) is 0 Å². The minimum absolute atomic E-state index is 0. The second-order valence-electron chi connectivity index (χ2n) is 7.32. The largest absolute Gasteiger partial charge is 0.325 e. The van der Waals surface area contributed by atoms with Crippen LogP contribution >= 0.6 is 32.9 Å². The van der Waals surface area contributed by atoms with E-state index < -0.39 is 0 Å². The van der Waals surface area contributed by atoms with Gasteiger partial charge in [-0.15, -0.1) is 17.0 Å². The summed E-state index contributed by atoms with van der Waals surface area (Å²) in [5, 5.41) is 1.15. The molecule has 0 radical (unpaired) electrons. The Morgan fingerprint density at radius 3 is 1.59 bits per heavy atom. The minimum atomic E-state index is -0.00235. The Hall–Kier alpha value is 0.920. The van der Waals surface area contributed by atoms with Gasteiger partial charge in [0, 0.05) is 10.9 Å². The molecule has 2 N–H and O–H groups in total. The first kappa shape index (κ1) is 25.2.